The maximum atomic E-state index is 12.4. The molecule has 5 heteroatoms. The molecule has 2 rings (SSSR count). The molecule has 0 saturated heterocycles. The SMILES string of the molecule is Cc1ccc(CN(C)S(=O)(=O)c2cccc(O)c2)cc1. The Bertz CT molecular complexity index is 693. The zero-order chi connectivity index (χ0) is 14.8. The standard InChI is InChI=1S/C15H17NO3S/c1-12-6-8-13(9-7-12)11-16(2)20(18,19)15-5-3-4-14(17)10-15/h3-10,17H,11H2,1-2H3. The molecule has 0 unspecified atom stereocenters. The highest BCUT2D eigenvalue weighted by molar-refractivity contribution is 7.89. The minimum absolute atomic E-state index is 0.0604. The Morgan fingerprint density at radius 2 is 1.75 bits per heavy atom. The van der Waals surface area contributed by atoms with Crippen LogP contribution >= 0.6 is 0 Å². The van der Waals surface area contributed by atoms with E-state index in [-0.39, 0.29) is 17.2 Å². The fourth-order valence-corrected chi connectivity index (χ4v) is 3.06. The molecule has 0 aliphatic rings. The van der Waals surface area contributed by atoms with Gasteiger partial charge in [-0.3, -0.25) is 0 Å². The molecule has 0 fully saturated rings. The van der Waals surface area contributed by atoms with Crippen LogP contribution in [0.3, 0.4) is 0 Å². The Kier molecular flexibility index (Phi) is 4.11. The lowest BCUT2D eigenvalue weighted by Gasteiger charge is -2.17. The first-order chi connectivity index (χ1) is 9.39. The number of hydrogen-bond donors (Lipinski definition) is 1. The molecular formula is C15H17NO3S. The van der Waals surface area contributed by atoms with Crippen molar-refractivity contribution < 1.29 is 13.5 Å². The van der Waals surface area contributed by atoms with Gasteiger partial charge in [-0.05, 0) is 30.7 Å². The largest absolute Gasteiger partial charge is 0.508 e. The van der Waals surface area contributed by atoms with E-state index in [9.17, 15) is 13.5 Å². The van der Waals surface area contributed by atoms with E-state index in [1.54, 1.807) is 0 Å². The van der Waals surface area contributed by atoms with Crippen LogP contribution in [0.5, 0.6) is 5.75 Å². The lowest BCUT2D eigenvalue weighted by atomic mass is 10.1. The van der Waals surface area contributed by atoms with Gasteiger partial charge in [0.2, 0.25) is 10.0 Å². The first-order valence-electron chi connectivity index (χ1n) is 6.20. The van der Waals surface area contributed by atoms with E-state index in [1.165, 1.54) is 35.6 Å². The van der Waals surface area contributed by atoms with Crippen LogP contribution in [0.1, 0.15) is 11.1 Å². The molecule has 0 amide bonds. The molecule has 0 saturated carbocycles. The number of hydrogen-bond acceptors (Lipinski definition) is 3. The van der Waals surface area contributed by atoms with Crippen LogP contribution in [0, 0.1) is 6.92 Å². The number of aryl methyl sites for hydroxylation is 1. The molecule has 0 aliphatic heterocycles. The maximum absolute atomic E-state index is 12.4. The number of aromatic hydroxyl groups is 1. The van der Waals surface area contributed by atoms with Crippen molar-refractivity contribution in [1.29, 1.82) is 0 Å². The van der Waals surface area contributed by atoms with Crippen LogP contribution < -0.4 is 0 Å². The highest BCUT2D eigenvalue weighted by Crippen LogP contribution is 2.20. The second-order valence-corrected chi connectivity index (χ2v) is 6.79. The number of sulfonamides is 1. The van der Waals surface area contributed by atoms with Gasteiger partial charge in [0, 0.05) is 13.6 Å². The summed E-state index contributed by atoms with van der Waals surface area (Å²) < 4.78 is 26.0. The minimum atomic E-state index is -3.60. The van der Waals surface area contributed by atoms with E-state index in [0.717, 1.165) is 11.1 Å². The van der Waals surface area contributed by atoms with Crippen LogP contribution in [-0.2, 0) is 16.6 Å². The topological polar surface area (TPSA) is 57.6 Å². The zero-order valence-electron chi connectivity index (χ0n) is 11.4. The molecule has 0 spiro atoms. The normalized spacial score (nSPS) is 11.8. The van der Waals surface area contributed by atoms with Gasteiger partial charge < -0.3 is 5.11 Å². The number of phenolic OH excluding ortho intramolecular Hbond substituents is 1. The molecule has 0 atom stereocenters. The molecule has 2 aromatic rings. The Hall–Kier alpha value is -1.85. The van der Waals surface area contributed by atoms with Crippen molar-refractivity contribution >= 4 is 10.0 Å². The van der Waals surface area contributed by atoms with Gasteiger partial charge in [0.25, 0.3) is 0 Å². The quantitative estimate of drug-likeness (QED) is 0.941. The monoisotopic (exact) mass is 291 g/mol. The summed E-state index contributed by atoms with van der Waals surface area (Å²) in [5, 5.41) is 9.40. The van der Waals surface area contributed by atoms with Gasteiger partial charge in [-0.15, -0.1) is 0 Å². The Morgan fingerprint density at radius 3 is 2.35 bits per heavy atom. The molecule has 1 N–H and O–H groups in total. The number of nitrogens with zero attached hydrogens (tertiary/aromatic N) is 1. The minimum Gasteiger partial charge on any atom is -0.508 e. The molecule has 4 nitrogen and oxygen atoms in total. The third-order valence-corrected chi connectivity index (χ3v) is 4.85. The van der Waals surface area contributed by atoms with Crippen LogP contribution in [0.25, 0.3) is 0 Å². The lowest BCUT2D eigenvalue weighted by Crippen LogP contribution is -2.26. The van der Waals surface area contributed by atoms with Gasteiger partial charge in [0.1, 0.15) is 5.75 Å². The third-order valence-electron chi connectivity index (χ3n) is 3.05. The van der Waals surface area contributed by atoms with Crippen molar-refractivity contribution in [2.45, 2.75) is 18.4 Å². The number of rotatable bonds is 4. The Labute approximate surface area is 119 Å². The summed E-state index contributed by atoms with van der Waals surface area (Å²) in [6.07, 6.45) is 0. The number of phenols is 1. The van der Waals surface area contributed by atoms with Crippen LogP contribution in [0.4, 0.5) is 0 Å². The fraction of sp³-hybridized carbons (Fsp3) is 0.200. The van der Waals surface area contributed by atoms with Crippen molar-refractivity contribution in [3.63, 3.8) is 0 Å². The molecule has 106 valence electrons. The van der Waals surface area contributed by atoms with E-state index in [4.69, 9.17) is 0 Å². The molecule has 0 bridgehead atoms. The van der Waals surface area contributed by atoms with E-state index >= 15 is 0 Å². The molecule has 20 heavy (non-hydrogen) atoms. The fourth-order valence-electron chi connectivity index (χ4n) is 1.86. The van der Waals surface area contributed by atoms with Crippen molar-refractivity contribution in [3.8, 4) is 5.75 Å². The zero-order valence-corrected chi connectivity index (χ0v) is 12.3. The van der Waals surface area contributed by atoms with Gasteiger partial charge in [-0.2, -0.15) is 4.31 Å². The molecule has 0 aliphatic carbocycles. The summed E-state index contributed by atoms with van der Waals surface area (Å²) in [6.45, 7) is 2.27. The van der Waals surface area contributed by atoms with E-state index in [1.807, 2.05) is 31.2 Å². The summed E-state index contributed by atoms with van der Waals surface area (Å²) >= 11 is 0. The highest BCUT2D eigenvalue weighted by Gasteiger charge is 2.21. The summed E-state index contributed by atoms with van der Waals surface area (Å²) in [6, 6.07) is 13.4. The predicted molar refractivity (Wildman–Crippen MR) is 77.9 cm³/mol. The van der Waals surface area contributed by atoms with Gasteiger partial charge in [-0.1, -0.05) is 35.9 Å². The van der Waals surface area contributed by atoms with Gasteiger partial charge in [0.05, 0.1) is 4.90 Å². The second kappa shape index (κ2) is 5.64. The molecule has 0 radical (unpaired) electrons. The van der Waals surface area contributed by atoms with Crippen LogP contribution in [-0.4, -0.2) is 24.9 Å². The van der Waals surface area contributed by atoms with Gasteiger partial charge >= 0.3 is 0 Å². The lowest BCUT2D eigenvalue weighted by molar-refractivity contribution is 0.460. The molecular weight excluding hydrogens is 274 g/mol. The van der Waals surface area contributed by atoms with Crippen molar-refractivity contribution in [2.24, 2.45) is 0 Å². The molecule has 2 aromatic carbocycles. The second-order valence-electron chi connectivity index (χ2n) is 4.74. The summed E-state index contributed by atoms with van der Waals surface area (Å²) in [5.41, 5.74) is 2.05. The Balaban J connectivity index is 2.23. The molecule has 0 heterocycles. The predicted octanol–water partition coefficient (Wildman–Crippen LogP) is 2.52. The van der Waals surface area contributed by atoms with E-state index < -0.39 is 10.0 Å². The molecule has 0 aromatic heterocycles. The number of benzene rings is 2. The smallest absolute Gasteiger partial charge is 0.243 e. The first-order valence-corrected chi connectivity index (χ1v) is 7.64. The van der Waals surface area contributed by atoms with Gasteiger partial charge in [0.15, 0.2) is 0 Å². The summed E-state index contributed by atoms with van der Waals surface area (Å²) in [4.78, 5) is 0.0899. The average Bonchev–Trinajstić information content (AvgIpc) is 2.41. The van der Waals surface area contributed by atoms with Crippen molar-refractivity contribution in [3.05, 3.63) is 59.7 Å². The summed E-state index contributed by atoms with van der Waals surface area (Å²) in [5.74, 6) is -0.0604. The van der Waals surface area contributed by atoms with Crippen LogP contribution in [0.15, 0.2) is 53.4 Å². The Morgan fingerprint density at radius 1 is 1.10 bits per heavy atom. The van der Waals surface area contributed by atoms with Crippen molar-refractivity contribution in [1.82, 2.24) is 4.31 Å². The summed E-state index contributed by atoms with van der Waals surface area (Å²) in [7, 11) is -2.07. The highest BCUT2D eigenvalue weighted by atomic mass is 32.2. The van der Waals surface area contributed by atoms with E-state index in [0.29, 0.717) is 0 Å². The average molecular weight is 291 g/mol. The van der Waals surface area contributed by atoms with Crippen molar-refractivity contribution in [2.75, 3.05) is 7.05 Å². The first kappa shape index (κ1) is 14.6. The van der Waals surface area contributed by atoms with Gasteiger partial charge in [-0.25, -0.2) is 8.42 Å². The van der Waals surface area contributed by atoms with Crippen LogP contribution in [0.2, 0.25) is 0 Å². The maximum Gasteiger partial charge on any atom is 0.243 e. The third kappa shape index (κ3) is 3.18. The van der Waals surface area contributed by atoms with E-state index in [2.05, 4.69) is 0 Å².